The van der Waals surface area contributed by atoms with E-state index in [2.05, 4.69) is 5.32 Å². The maximum atomic E-state index is 13.6. The van der Waals surface area contributed by atoms with Gasteiger partial charge in [-0.25, -0.2) is 8.78 Å². The lowest BCUT2D eigenvalue weighted by atomic mass is 10.1. The van der Waals surface area contributed by atoms with Crippen LogP contribution in [-0.2, 0) is 0 Å². The Morgan fingerprint density at radius 1 is 1.47 bits per heavy atom. The number of likely N-dealkylation sites (tertiary alicyclic amines) is 1. The third-order valence-electron chi connectivity index (χ3n) is 3.26. The van der Waals surface area contributed by atoms with E-state index in [1.807, 2.05) is 7.05 Å². The van der Waals surface area contributed by atoms with Crippen LogP contribution in [0.5, 0.6) is 0 Å². The molecule has 0 spiro atoms. The molecule has 6 heteroatoms. The van der Waals surface area contributed by atoms with Crippen LogP contribution >= 0.6 is 12.4 Å². The average Bonchev–Trinajstić information content (AvgIpc) is 2.80. The van der Waals surface area contributed by atoms with Crippen molar-refractivity contribution in [1.82, 2.24) is 10.2 Å². The molecular formula is C13H17ClF2N2O. The van der Waals surface area contributed by atoms with E-state index in [1.165, 1.54) is 12.1 Å². The monoisotopic (exact) mass is 290 g/mol. The van der Waals surface area contributed by atoms with Crippen LogP contribution in [-0.4, -0.2) is 37.0 Å². The van der Waals surface area contributed by atoms with E-state index in [9.17, 15) is 13.6 Å². The van der Waals surface area contributed by atoms with Gasteiger partial charge in [0, 0.05) is 19.1 Å². The number of hydrogen-bond donors (Lipinski definition) is 1. The molecule has 1 saturated heterocycles. The van der Waals surface area contributed by atoms with Crippen molar-refractivity contribution in [1.29, 1.82) is 0 Å². The van der Waals surface area contributed by atoms with Gasteiger partial charge in [0.25, 0.3) is 5.91 Å². The zero-order valence-electron chi connectivity index (χ0n) is 10.7. The topological polar surface area (TPSA) is 32.3 Å². The smallest absolute Gasteiger partial charge is 0.257 e. The van der Waals surface area contributed by atoms with Gasteiger partial charge in [-0.05, 0) is 32.0 Å². The summed E-state index contributed by atoms with van der Waals surface area (Å²) in [6, 6.07) is 3.76. The Labute approximate surface area is 117 Å². The van der Waals surface area contributed by atoms with Crippen LogP contribution in [0.25, 0.3) is 0 Å². The first-order valence-corrected chi connectivity index (χ1v) is 6.04. The number of rotatable bonds is 3. The highest BCUT2D eigenvalue weighted by Crippen LogP contribution is 2.21. The third-order valence-corrected chi connectivity index (χ3v) is 3.26. The zero-order chi connectivity index (χ0) is 13.1. The molecule has 1 amide bonds. The molecule has 1 aliphatic rings. The lowest BCUT2D eigenvalue weighted by Gasteiger charge is -2.24. The van der Waals surface area contributed by atoms with E-state index in [4.69, 9.17) is 0 Å². The summed E-state index contributed by atoms with van der Waals surface area (Å²) >= 11 is 0. The number of amides is 1. The van der Waals surface area contributed by atoms with Gasteiger partial charge in [-0.1, -0.05) is 6.07 Å². The van der Waals surface area contributed by atoms with Crippen molar-refractivity contribution >= 4 is 18.3 Å². The first-order valence-electron chi connectivity index (χ1n) is 6.04. The number of nitrogens with zero attached hydrogens (tertiary/aromatic N) is 1. The van der Waals surface area contributed by atoms with E-state index >= 15 is 0 Å². The molecule has 1 unspecified atom stereocenters. The van der Waals surface area contributed by atoms with Crippen LogP contribution in [0.4, 0.5) is 8.78 Å². The van der Waals surface area contributed by atoms with Crippen LogP contribution in [0.2, 0.25) is 0 Å². The van der Waals surface area contributed by atoms with E-state index in [-0.39, 0.29) is 24.0 Å². The lowest BCUT2D eigenvalue weighted by Crippen LogP contribution is -2.41. The van der Waals surface area contributed by atoms with E-state index in [0.29, 0.717) is 13.1 Å². The van der Waals surface area contributed by atoms with Gasteiger partial charge in [0.1, 0.15) is 0 Å². The minimum absolute atomic E-state index is 0. The van der Waals surface area contributed by atoms with Gasteiger partial charge in [-0.3, -0.25) is 4.79 Å². The first kappa shape index (κ1) is 15.9. The Bertz CT molecular complexity index is 456. The predicted octanol–water partition coefficient (Wildman–Crippen LogP) is 2.21. The molecule has 0 aromatic heterocycles. The largest absolute Gasteiger partial charge is 0.334 e. The van der Waals surface area contributed by atoms with E-state index in [1.54, 1.807) is 4.90 Å². The highest BCUT2D eigenvalue weighted by Gasteiger charge is 2.30. The number of nitrogens with one attached hydrogen (secondary N) is 1. The number of hydrogen-bond acceptors (Lipinski definition) is 2. The molecule has 19 heavy (non-hydrogen) atoms. The zero-order valence-corrected chi connectivity index (χ0v) is 11.5. The number of carbonyl (C=O) groups is 1. The maximum Gasteiger partial charge on any atom is 0.257 e. The second-order valence-corrected chi connectivity index (χ2v) is 4.45. The molecule has 0 saturated carbocycles. The Kier molecular flexibility index (Phi) is 5.69. The Hall–Kier alpha value is -1.20. The number of carbonyl (C=O) groups excluding carboxylic acids is 1. The fourth-order valence-electron chi connectivity index (χ4n) is 2.37. The summed E-state index contributed by atoms with van der Waals surface area (Å²) in [5.74, 6) is -2.47. The molecule has 0 aliphatic carbocycles. The van der Waals surface area contributed by atoms with Crippen LogP contribution in [0.3, 0.4) is 0 Å². The standard InChI is InChI=1S/C13H16F2N2O.ClH/c1-16-8-9-4-3-7-17(9)13(18)10-5-2-6-11(14)12(10)15;/h2,5-6,9,16H,3-4,7-8H2,1H3;1H. The van der Waals surface area contributed by atoms with E-state index < -0.39 is 17.5 Å². The molecule has 1 fully saturated rings. The molecule has 1 N–H and O–H groups in total. The van der Waals surface area contributed by atoms with Crippen LogP contribution in [0.15, 0.2) is 18.2 Å². The summed E-state index contributed by atoms with van der Waals surface area (Å²) < 4.78 is 26.7. The molecule has 0 radical (unpaired) electrons. The molecule has 1 aromatic carbocycles. The third kappa shape index (κ3) is 3.22. The first-order chi connectivity index (χ1) is 8.65. The second-order valence-electron chi connectivity index (χ2n) is 4.45. The molecule has 1 aliphatic heterocycles. The van der Waals surface area contributed by atoms with Crippen molar-refractivity contribution < 1.29 is 13.6 Å². The normalized spacial score (nSPS) is 18.3. The van der Waals surface area contributed by atoms with Crippen LogP contribution in [0.1, 0.15) is 23.2 Å². The summed E-state index contributed by atoms with van der Waals surface area (Å²) in [6.45, 7) is 1.27. The molecule has 2 rings (SSSR count). The Morgan fingerprint density at radius 3 is 2.89 bits per heavy atom. The molecule has 1 atom stereocenters. The highest BCUT2D eigenvalue weighted by atomic mass is 35.5. The second kappa shape index (κ2) is 6.82. The summed E-state index contributed by atoms with van der Waals surface area (Å²) in [6.07, 6.45) is 1.79. The highest BCUT2D eigenvalue weighted by molar-refractivity contribution is 5.94. The van der Waals surface area contributed by atoms with Crippen molar-refractivity contribution in [3.05, 3.63) is 35.4 Å². The minimum atomic E-state index is -1.06. The van der Waals surface area contributed by atoms with Crippen molar-refractivity contribution in [2.24, 2.45) is 0 Å². The summed E-state index contributed by atoms with van der Waals surface area (Å²) in [7, 11) is 1.81. The molecule has 106 valence electrons. The lowest BCUT2D eigenvalue weighted by molar-refractivity contribution is 0.0731. The van der Waals surface area contributed by atoms with Gasteiger partial charge >= 0.3 is 0 Å². The van der Waals surface area contributed by atoms with Gasteiger partial charge in [0.05, 0.1) is 5.56 Å². The van der Waals surface area contributed by atoms with Crippen LogP contribution < -0.4 is 5.32 Å². The molecule has 1 aromatic rings. The van der Waals surface area contributed by atoms with Crippen molar-refractivity contribution in [3.63, 3.8) is 0 Å². The van der Waals surface area contributed by atoms with Crippen molar-refractivity contribution in [3.8, 4) is 0 Å². The van der Waals surface area contributed by atoms with Gasteiger partial charge < -0.3 is 10.2 Å². The summed E-state index contributed by atoms with van der Waals surface area (Å²) in [5.41, 5.74) is -0.182. The SMILES string of the molecule is CNCC1CCCN1C(=O)c1cccc(F)c1F.Cl. The molecule has 1 heterocycles. The van der Waals surface area contributed by atoms with Crippen molar-refractivity contribution in [2.45, 2.75) is 18.9 Å². The van der Waals surface area contributed by atoms with Gasteiger partial charge in [-0.15, -0.1) is 12.4 Å². The fraction of sp³-hybridized carbons (Fsp3) is 0.462. The van der Waals surface area contributed by atoms with Gasteiger partial charge in [0.15, 0.2) is 11.6 Å². The number of halogens is 3. The number of likely N-dealkylation sites (N-methyl/N-ethyl adjacent to an activating group) is 1. The van der Waals surface area contributed by atoms with E-state index in [0.717, 1.165) is 18.9 Å². The van der Waals surface area contributed by atoms with Crippen LogP contribution in [0, 0.1) is 11.6 Å². The van der Waals surface area contributed by atoms with Gasteiger partial charge in [-0.2, -0.15) is 0 Å². The maximum absolute atomic E-state index is 13.6. The molecule has 3 nitrogen and oxygen atoms in total. The summed E-state index contributed by atoms with van der Waals surface area (Å²) in [5, 5.41) is 3.01. The average molecular weight is 291 g/mol. The predicted molar refractivity (Wildman–Crippen MR) is 71.6 cm³/mol. The number of benzene rings is 1. The Balaban J connectivity index is 0.00000180. The van der Waals surface area contributed by atoms with Crippen molar-refractivity contribution in [2.75, 3.05) is 20.1 Å². The van der Waals surface area contributed by atoms with Gasteiger partial charge in [0.2, 0.25) is 0 Å². The molecular weight excluding hydrogens is 274 g/mol. The summed E-state index contributed by atoms with van der Waals surface area (Å²) in [4.78, 5) is 13.8. The quantitative estimate of drug-likeness (QED) is 0.926. The Morgan fingerprint density at radius 2 is 2.21 bits per heavy atom. The minimum Gasteiger partial charge on any atom is -0.334 e. The molecule has 0 bridgehead atoms. The fourth-order valence-corrected chi connectivity index (χ4v) is 2.37.